The molecule has 19 heavy (non-hydrogen) atoms. The second-order valence-electron chi connectivity index (χ2n) is 4.81. The lowest BCUT2D eigenvalue weighted by Gasteiger charge is -2.07. The van der Waals surface area contributed by atoms with Crippen molar-refractivity contribution >= 4 is 0 Å². The largest absolute Gasteiger partial charge is 0.484 e. The Morgan fingerprint density at radius 1 is 1.37 bits per heavy atom. The van der Waals surface area contributed by atoms with Crippen molar-refractivity contribution in [2.24, 2.45) is 0 Å². The normalized spacial score (nSPS) is 14.6. The number of rotatable bonds is 6. The van der Waals surface area contributed by atoms with Crippen LogP contribution in [0.15, 0.2) is 28.7 Å². The highest BCUT2D eigenvalue weighted by molar-refractivity contribution is 5.28. The fourth-order valence-electron chi connectivity index (χ4n) is 1.84. The average Bonchev–Trinajstić information content (AvgIpc) is 3.16. The zero-order valence-electron chi connectivity index (χ0n) is 10.9. The van der Waals surface area contributed by atoms with Crippen LogP contribution in [0.1, 0.15) is 30.2 Å². The Balaban J connectivity index is 1.55. The SMILES string of the molecule is Cc1nnc(COc2cccc(CNC3CC3)c2)o1. The summed E-state index contributed by atoms with van der Waals surface area (Å²) in [5, 5.41) is 11.1. The van der Waals surface area contributed by atoms with Gasteiger partial charge in [0.15, 0.2) is 6.61 Å². The van der Waals surface area contributed by atoms with Gasteiger partial charge in [-0.15, -0.1) is 10.2 Å². The van der Waals surface area contributed by atoms with Crippen molar-refractivity contribution in [3.63, 3.8) is 0 Å². The zero-order chi connectivity index (χ0) is 13.1. The molecule has 1 fully saturated rings. The van der Waals surface area contributed by atoms with E-state index in [2.05, 4.69) is 21.6 Å². The van der Waals surface area contributed by atoms with Crippen LogP contribution in [-0.2, 0) is 13.2 Å². The lowest BCUT2D eigenvalue weighted by atomic mass is 10.2. The van der Waals surface area contributed by atoms with E-state index in [0.717, 1.165) is 12.3 Å². The number of nitrogens with one attached hydrogen (secondary N) is 1. The molecular weight excluding hydrogens is 242 g/mol. The van der Waals surface area contributed by atoms with Crippen molar-refractivity contribution in [1.29, 1.82) is 0 Å². The summed E-state index contributed by atoms with van der Waals surface area (Å²) in [5.41, 5.74) is 1.23. The van der Waals surface area contributed by atoms with Crippen LogP contribution in [0.4, 0.5) is 0 Å². The predicted molar refractivity (Wildman–Crippen MR) is 69.7 cm³/mol. The molecule has 0 saturated heterocycles. The molecule has 0 bridgehead atoms. The second-order valence-corrected chi connectivity index (χ2v) is 4.81. The molecule has 1 N–H and O–H groups in total. The Kier molecular flexibility index (Phi) is 3.46. The van der Waals surface area contributed by atoms with Crippen molar-refractivity contribution in [3.8, 4) is 5.75 Å². The minimum Gasteiger partial charge on any atom is -0.484 e. The standard InChI is InChI=1S/C14H17N3O2/c1-10-16-17-14(19-10)9-18-13-4-2-3-11(7-13)8-15-12-5-6-12/h2-4,7,12,15H,5-6,8-9H2,1H3. The number of nitrogens with zero attached hydrogens (tertiary/aromatic N) is 2. The first-order valence-corrected chi connectivity index (χ1v) is 6.54. The van der Waals surface area contributed by atoms with Gasteiger partial charge in [0.25, 0.3) is 5.89 Å². The van der Waals surface area contributed by atoms with Gasteiger partial charge in [-0.25, -0.2) is 0 Å². The molecule has 5 nitrogen and oxygen atoms in total. The Morgan fingerprint density at radius 2 is 2.26 bits per heavy atom. The molecule has 1 aliphatic carbocycles. The third-order valence-corrected chi connectivity index (χ3v) is 3.00. The van der Waals surface area contributed by atoms with Crippen LogP contribution in [0.25, 0.3) is 0 Å². The van der Waals surface area contributed by atoms with Crippen molar-refractivity contribution in [2.45, 2.75) is 39.0 Å². The number of hydrogen-bond donors (Lipinski definition) is 1. The Bertz CT molecular complexity index is 549. The molecule has 0 unspecified atom stereocenters. The molecule has 2 aromatic rings. The van der Waals surface area contributed by atoms with Gasteiger partial charge in [-0.3, -0.25) is 0 Å². The minimum absolute atomic E-state index is 0.306. The molecule has 0 amide bonds. The molecule has 1 aromatic carbocycles. The van der Waals surface area contributed by atoms with Crippen molar-refractivity contribution in [2.75, 3.05) is 0 Å². The second kappa shape index (κ2) is 5.40. The topological polar surface area (TPSA) is 60.2 Å². The van der Waals surface area contributed by atoms with E-state index in [1.165, 1.54) is 18.4 Å². The maximum absolute atomic E-state index is 5.64. The summed E-state index contributed by atoms with van der Waals surface area (Å²) in [4.78, 5) is 0. The van der Waals surface area contributed by atoms with E-state index in [-0.39, 0.29) is 0 Å². The summed E-state index contributed by atoms with van der Waals surface area (Å²) in [6.07, 6.45) is 2.60. The number of ether oxygens (including phenoxy) is 1. The van der Waals surface area contributed by atoms with Gasteiger partial charge in [0.1, 0.15) is 5.75 Å². The molecule has 1 heterocycles. The quantitative estimate of drug-likeness (QED) is 0.861. The Hall–Kier alpha value is -1.88. The Labute approximate surface area is 112 Å². The van der Waals surface area contributed by atoms with Crippen LogP contribution in [0, 0.1) is 6.92 Å². The number of aryl methyl sites for hydroxylation is 1. The third kappa shape index (κ3) is 3.54. The highest BCUT2D eigenvalue weighted by Crippen LogP contribution is 2.20. The van der Waals surface area contributed by atoms with Crippen LogP contribution in [0.3, 0.4) is 0 Å². The van der Waals surface area contributed by atoms with E-state index in [4.69, 9.17) is 9.15 Å². The maximum atomic E-state index is 5.64. The lowest BCUT2D eigenvalue weighted by Crippen LogP contribution is -2.15. The molecule has 0 radical (unpaired) electrons. The summed E-state index contributed by atoms with van der Waals surface area (Å²) in [7, 11) is 0. The van der Waals surface area contributed by atoms with Crippen LogP contribution in [-0.4, -0.2) is 16.2 Å². The van der Waals surface area contributed by atoms with Gasteiger partial charge in [-0.1, -0.05) is 12.1 Å². The number of aromatic nitrogens is 2. The highest BCUT2D eigenvalue weighted by atomic mass is 16.5. The molecule has 3 rings (SSSR count). The predicted octanol–water partition coefficient (Wildman–Crippen LogP) is 2.21. The van der Waals surface area contributed by atoms with Gasteiger partial charge < -0.3 is 14.5 Å². The molecule has 0 atom stereocenters. The molecular formula is C14H17N3O2. The fourth-order valence-corrected chi connectivity index (χ4v) is 1.84. The van der Waals surface area contributed by atoms with Gasteiger partial charge in [0, 0.05) is 19.5 Å². The van der Waals surface area contributed by atoms with Crippen molar-refractivity contribution in [1.82, 2.24) is 15.5 Å². The van der Waals surface area contributed by atoms with Crippen molar-refractivity contribution < 1.29 is 9.15 Å². The van der Waals surface area contributed by atoms with Gasteiger partial charge in [0.2, 0.25) is 5.89 Å². The molecule has 1 saturated carbocycles. The maximum Gasteiger partial charge on any atom is 0.253 e. The smallest absolute Gasteiger partial charge is 0.253 e. The summed E-state index contributed by atoms with van der Waals surface area (Å²) < 4.78 is 10.9. The number of benzene rings is 1. The van der Waals surface area contributed by atoms with Crippen LogP contribution >= 0.6 is 0 Å². The molecule has 1 aromatic heterocycles. The summed E-state index contributed by atoms with van der Waals surface area (Å²) >= 11 is 0. The fraction of sp³-hybridized carbons (Fsp3) is 0.429. The average molecular weight is 259 g/mol. The summed E-state index contributed by atoms with van der Waals surface area (Å²) in [5.74, 6) is 1.88. The number of hydrogen-bond acceptors (Lipinski definition) is 5. The van der Waals surface area contributed by atoms with E-state index < -0.39 is 0 Å². The van der Waals surface area contributed by atoms with Gasteiger partial charge in [-0.2, -0.15) is 0 Å². The van der Waals surface area contributed by atoms with Crippen LogP contribution in [0.2, 0.25) is 0 Å². The molecule has 5 heteroatoms. The van der Waals surface area contributed by atoms with Crippen molar-refractivity contribution in [3.05, 3.63) is 41.6 Å². The van der Waals surface area contributed by atoms with Gasteiger partial charge in [0.05, 0.1) is 0 Å². The molecule has 0 aliphatic heterocycles. The molecule has 0 spiro atoms. The molecule has 1 aliphatic rings. The minimum atomic E-state index is 0.306. The summed E-state index contributed by atoms with van der Waals surface area (Å²) in [6.45, 7) is 2.96. The zero-order valence-corrected chi connectivity index (χ0v) is 10.9. The van der Waals surface area contributed by atoms with Crippen LogP contribution < -0.4 is 10.1 Å². The van der Waals surface area contributed by atoms with Gasteiger partial charge >= 0.3 is 0 Å². The van der Waals surface area contributed by atoms with E-state index in [1.54, 1.807) is 6.92 Å². The highest BCUT2D eigenvalue weighted by Gasteiger charge is 2.19. The Morgan fingerprint density at radius 3 is 3.00 bits per heavy atom. The first-order chi connectivity index (χ1) is 9.29. The third-order valence-electron chi connectivity index (χ3n) is 3.00. The summed E-state index contributed by atoms with van der Waals surface area (Å²) in [6, 6.07) is 8.78. The van der Waals surface area contributed by atoms with Crippen LogP contribution in [0.5, 0.6) is 5.75 Å². The first kappa shape index (κ1) is 12.2. The monoisotopic (exact) mass is 259 g/mol. The molecule has 100 valence electrons. The van der Waals surface area contributed by atoms with E-state index >= 15 is 0 Å². The van der Waals surface area contributed by atoms with E-state index in [0.29, 0.717) is 24.4 Å². The van der Waals surface area contributed by atoms with E-state index in [9.17, 15) is 0 Å². The van der Waals surface area contributed by atoms with E-state index in [1.807, 2.05) is 18.2 Å². The lowest BCUT2D eigenvalue weighted by molar-refractivity contribution is 0.260. The first-order valence-electron chi connectivity index (χ1n) is 6.54. The van der Waals surface area contributed by atoms with Gasteiger partial charge in [-0.05, 0) is 30.5 Å².